The molecule has 1 heterocycles. The summed E-state index contributed by atoms with van der Waals surface area (Å²) in [7, 11) is 0. The Morgan fingerprint density at radius 1 is 1.25 bits per heavy atom. The first kappa shape index (κ1) is 14.5. The van der Waals surface area contributed by atoms with Crippen LogP contribution in [-0.4, -0.2) is 11.0 Å². The number of nitrogens with one attached hydrogen (secondary N) is 2. The summed E-state index contributed by atoms with van der Waals surface area (Å²) in [5.41, 5.74) is 4.07. The summed E-state index contributed by atoms with van der Waals surface area (Å²) < 4.78 is 0. The summed E-state index contributed by atoms with van der Waals surface area (Å²) in [6, 6.07) is 5.76. The van der Waals surface area contributed by atoms with Gasteiger partial charge in [0.05, 0.1) is 17.2 Å². The Balaban J connectivity index is 1.94. The minimum atomic E-state index is -0.192. The zero-order valence-electron chi connectivity index (χ0n) is 12.2. The second kappa shape index (κ2) is 6.05. The number of hydrogen-bond donors (Lipinski definition) is 2. The highest BCUT2D eigenvalue weighted by molar-refractivity contribution is 7.11. The van der Waals surface area contributed by atoms with Crippen LogP contribution in [0.4, 0.5) is 10.5 Å². The van der Waals surface area contributed by atoms with E-state index in [0.717, 1.165) is 26.8 Å². The van der Waals surface area contributed by atoms with Crippen LogP contribution in [0.25, 0.3) is 0 Å². The van der Waals surface area contributed by atoms with Crippen molar-refractivity contribution in [1.82, 2.24) is 10.3 Å². The van der Waals surface area contributed by atoms with E-state index >= 15 is 0 Å². The molecule has 0 aliphatic heterocycles. The molecule has 0 unspecified atom stereocenters. The van der Waals surface area contributed by atoms with Crippen molar-refractivity contribution in [2.45, 2.75) is 34.2 Å². The van der Waals surface area contributed by atoms with E-state index < -0.39 is 0 Å². The van der Waals surface area contributed by atoms with Crippen LogP contribution in [-0.2, 0) is 6.54 Å². The molecule has 0 aliphatic carbocycles. The standard InChI is InChI=1S/C15H19N3OS/c1-9-5-6-13(10(2)7-9)18-15(19)16-8-14-11(3)17-12(4)20-14/h5-7H,8H2,1-4H3,(H2,16,18,19). The van der Waals surface area contributed by atoms with Crippen LogP contribution in [0.2, 0.25) is 0 Å². The first-order valence-electron chi connectivity index (χ1n) is 6.50. The number of rotatable bonds is 3. The number of nitrogens with zero attached hydrogens (tertiary/aromatic N) is 1. The van der Waals surface area contributed by atoms with Gasteiger partial charge in [0.15, 0.2) is 0 Å². The maximum absolute atomic E-state index is 11.9. The molecule has 4 nitrogen and oxygen atoms in total. The summed E-state index contributed by atoms with van der Waals surface area (Å²) in [4.78, 5) is 17.3. The largest absolute Gasteiger partial charge is 0.333 e. The smallest absolute Gasteiger partial charge is 0.319 e. The maximum atomic E-state index is 11.9. The molecular formula is C15H19N3OS. The summed E-state index contributed by atoms with van der Waals surface area (Å²) in [6.07, 6.45) is 0. The number of benzene rings is 1. The third-order valence-electron chi connectivity index (χ3n) is 3.04. The average Bonchev–Trinajstić information content (AvgIpc) is 2.69. The van der Waals surface area contributed by atoms with Crippen LogP contribution < -0.4 is 10.6 Å². The molecular weight excluding hydrogens is 270 g/mol. The van der Waals surface area contributed by atoms with Gasteiger partial charge in [0.2, 0.25) is 0 Å². The monoisotopic (exact) mass is 289 g/mol. The second-order valence-corrected chi connectivity index (χ2v) is 6.16. The van der Waals surface area contributed by atoms with E-state index in [1.807, 2.05) is 45.9 Å². The van der Waals surface area contributed by atoms with E-state index in [9.17, 15) is 4.79 Å². The molecule has 2 aromatic rings. The lowest BCUT2D eigenvalue weighted by Crippen LogP contribution is -2.28. The molecule has 0 bridgehead atoms. The fraction of sp³-hybridized carbons (Fsp3) is 0.333. The van der Waals surface area contributed by atoms with Gasteiger partial charge in [-0.1, -0.05) is 17.7 Å². The second-order valence-electron chi connectivity index (χ2n) is 4.87. The summed E-state index contributed by atoms with van der Waals surface area (Å²) in [5, 5.41) is 6.75. The molecule has 2 amide bonds. The number of anilines is 1. The molecule has 2 N–H and O–H groups in total. The van der Waals surface area contributed by atoms with Crippen LogP contribution in [0, 0.1) is 27.7 Å². The van der Waals surface area contributed by atoms with Gasteiger partial charge in [-0.05, 0) is 39.3 Å². The van der Waals surface area contributed by atoms with Gasteiger partial charge in [-0.2, -0.15) is 0 Å². The van der Waals surface area contributed by atoms with E-state index in [2.05, 4.69) is 15.6 Å². The molecule has 0 radical (unpaired) electrons. The van der Waals surface area contributed by atoms with Crippen molar-refractivity contribution in [1.29, 1.82) is 0 Å². The zero-order chi connectivity index (χ0) is 14.7. The van der Waals surface area contributed by atoms with Crippen molar-refractivity contribution in [2.24, 2.45) is 0 Å². The number of aromatic nitrogens is 1. The van der Waals surface area contributed by atoms with E-state index in [1.165, 1.54) is 5.56 Å². The molecule has 1 aromatic heterocycles. The Morgan fingerprint density at radius 2 is 2.00 bits per heavy atom. The molecule has 0 fully saturated rings. The molecule has 2 rings (SSSR count). The molecule has 5 heteroatoms. The lowest BCUT2D eigenvalue weighted by atomic mass is 10.1. The van der Waals surface area contributed by atoms with Crippen molar-refractivity contribution in [3.8, 4) is 0 Å². The molecule has 20 heavy (non-hydrogen) atoms. The van der Waals surface area contributed by atoms with E-state index in [1.54, 1.807) is 11.3 Å². The highest BCUT2D eigenvalue weighted by atomic mass is 32.1. The minimum Gasteiger partial charge on any atom is -0.333 e. The topological polar surface area (TPSA) is 54.0 Å². The van der Waals surface area contributed by atoms with E-state index in [0.29, 0.717) is 6.54 Å². The van der Waals surface area contributed by atoms with Gasteiger partial charge in [0, 0.05) is 10.6 Å². The maximum Gasteiger partial charge on any atom is 0.319 e. The molecule has 0 aliphatic rings. The normalized spacial score (nSPS) is 10.4. The predicted molar refractivity (Wildman–Crippen MR) is 83.4 cm³/mol. The van der Waals surface area contributed by atoms with Crippen molar-refractivity contribution >= 4 is 23.1 Å². The lowest BCUT2D eigenvalue weighted by molar-refractivity contribution is 0.252. The first-order valence-corrected chi connectivity index (χ1v) is 7.32. The van der Waals surface area contributed by atoms with Crippen LogP contribution in [0.1, 0.15) is 26.7 Å². The van der Waals surface area contributed by atoms with Crippen LogP contribution in [0.3, 0.4) is 0 Å². The fourth-order valence-electron chi connectivity index (χ4n) is 2.02. The SMILES string of the molecule is Cc1ccc(NC(=O)NCc2sc(C)nc2C)c(C)c1. The summed E-state index contributed by atoms with van der Waals surface area (Å²) >= 11 is 1.61. The van der Waals surface area contributed by atoms with Crippen molar-refractivity contribution in [3.63, 3.8) is 0 Å². The summed E-state index contributed by atoms with van der Waals surface area (Å²) in [5.74, 6) is 0. The van der Waals surface area contributed by atoms with Gasteiger partial charge in [-0.25, -0.2) is 9.78 Å². The molecule has 106 valence electrons. The van der Waals surface area contributed by atoms with Crippen LogP contribution in [0.15, 0.2) is 18.2 Å². The van der Waals surface area contributed by atoms with E-state index in [-0.39, 0.29) is 6.03 Å². The van der Waals surface area contributed by atoms with Crippen molar-refractivity contribution in [3.05, 3.63) is 44.9 Å². The van der Waals surface area contributed by atoms with Gasteiger partial charge in [0.1, 0.15) is 0 Å². The van der Waals surface area contributed by atoms with Crippen molar-refractivity contribution < 1.29 is 4.79 Å². The van der Waals surface area contributed by atoms with Gasteiger partial charge in [-0.3, -0.25) is 0 Å². The Kier molecular flexibility index (Phi) is 4.39. The van der Waals surface area contributed by atoms with Gasteiger partial charge >= 0.3 is 6.03 Å². The summed E-state index contributed by atoms with van der Waals surface area (Å²) in [6.45, 7) is 8.46. The third-order valence-corrected chi connectivity index (χ3v) is 4.11. The number of carbonyl (C=O) groups is 1. The quantitative estimate of drug-likeness (QED) is 0.905. The zero-order valence-corrected chi connectivity index (χ0v) is 13.0. The van der Waals surface area contributed by atoms with Gasteiger partial charge < -0.3 is 10.6 Å². The van der Waals surface area contributed by atoms with Crippen LogP contribution >= 0.6 is 11.3 Å². The Hall–Kier alpha value is -1.88. The number of hydrogen-bond acceptors (Lipinski definition) is 3. The molecule has 0 saturated heterocycles. The average molecular weight is 289 g/mol. The third kappa shape index (κ3) is 3.57. The number of aryl methyl sites for hydroxylation is 4. The minimum absolute atomic E-state index is 0.192. The Bertz CT molecular complexity index is 634. The first-order chi connectivity index (χ1) is 9.45. The molecule has 0 spiro atoms. The highest BCUT2D eigenvalue weighted by Gasteiger charge is 2.08. The Labute approximate surface area is 123 Å². The van der Waals surface area contributed by atoms with Gasteiger partial charge in [0.25, 0.3) is 0 Å². The van der Waals surface area contributed by atoms with Crippen molar-refractivity contribution in [2.75, 3.05) is 5.32 Å². The van der Waals surface area contributed by atoms with E-state index in [4.69, 9.17) is 0 Å². The highest BCUT2D eigenvalue weighted by Crippen LogP contribution is 2.17. The fourth-order valence-corrected chi connectivity index (χ4v) is 2.90. The molecule has 0 atom stereocenters. The molecule has 1 aromatic carbocycles. The number of carbonyl (C=O) groups excluding carboxylic acids is 1. The molecule has 0 saturated carbocycles. The number of thiazole rings is 1. The Morgan fingerprint density at radius 3 is 2.60 bits per heavy atom. The lowest BCUT2D eigenvalue weighted by Gasteiger charge is -2.10. The van der Waals surface area contributed by atoms with Gasteiger partial charge in [-0.15, -0.1) is 11.3 Å². The number of urea groups is 1. The number of amides is 2. The van der Waals surface area contributed by atoms with Crippen LogP contribution in [0.5, 0.6) is 0 Å². The predicted octanol–water partition coefficient (Wildman–Crippen LogP) is 3.70.